The van der Waals surface area contributed by atoms with Gasteiger partial charge in [0.2, 0.25) is 0 Å². The maximum Gasteiger partial charge on any atom is 0.410 e. The molecule has 11 heteroatoms. The molecule has 2 aliphatic heterocycles. The average Bonchev–Trinajstić information content (AvgIpc) is 2.83. The van der Waals surface area contributed by atoms with Crippen LogP contribution in [-0.4, -0.2) is 62.6 Å². The van der Waals surface area contributed by atoms with E-state index in [-0.39, 0.29) is 28.3 Å². The molecule has 2 N–H and O–H groups in total. The predicted octanol–water partition coefficient (Wildman–Crippen LogP) is 3.20. The number of hydrogen-bond donors (Lipinski definition) is 2. The van der Waals surface area contributed by atoms with Gasteiger partial charge in [0.15, 0.2) is 0 Å². The van der Waals surface area contributed by atoms with Crippen LogP contribution in [0, 0.1) is 0 Å². The maximum absolute atomic E-state index is 13.3. The highest BCUT2D eigenvalue weighted by atomic mass is 32.2. The highest BCUT2D eigenvalue weighted by Crippen LogP contribution is 2.32. The first-order chi connectivity index (χ1) is 17.0. The molecule has 0 bridgehead atoms. The number of nitrogens with one attached hydrogen (secondary N) is 2. The summed E-state index contributed by atoms with van der Waals surface area (Å²) >= 11 is 0. The number of pyridine rings is 1. The molecule has 1 aromatic carbocycles. The number of rotatable bonds is 5. The molecule has 2 aromatic rings. The van der Waals surface area contributed by atoms with Crippen molar-refractivity contribution in [3.05, 3.63) is 53.4 Å². The standard InChI is InChI=1S/C25H30N4O6S/c1-25(2,3)35-24(31)29-11-8-16(9-12-29)17-5-6-21(34-4)22(13-17)36(32,33)28-18-14-19-20(27-15-18)7-10-26-23(19)30/h5-6,8,13-15,28H,7,9-12H2,1-4H3,(H,26,30). The van der Waals surface area contributed by atoms with E-state index < -0.39 is 15.6 Å². The summed E-state index contributed by atoms with van der Waals surface area (Å²) < 4.78 is 39.9. The van der Waals surface area contributed by atoms with Crippen LogP contribution in [0.25, 0.3) is 5.57 Å². The second kappa shape index (κ2) is 9.81. The molecule has 36 heavy (non-hydrogen) atoms. The van der Waals surface area contributed by atoms with Crippen molar-refractivity contribution in [1.82, 2.24) is 15.2 Å². The van der Waals surface area contributed by atoms with E-state index in [9.17, 15) is 18.0 Å². The van der Waals surface area contributed by atoms with E-state index in [0.717, 1.165) is 5.57 Å². The monoisotopic (exact) mass is 514 g/mol. The van der Waals surface area contributed by atoms with E-state index in [0.29, 0.717) is 49.3 Å². The van der Waals surface area contributed by atoms with Crippen molar-refractivity contribution in [2.24, 2.45) is 0 Å². The SMILES string of the molecule is COc1ccc(C2=CCN(C(=O)OC(C)(C)C)CC2)cc1S(=O)(=O)Nc1cnc2c(c1)C(=O)NCC2. The van der Waals surface area contributed by atoms with Crippen LogP contribution in [0.2, 0.25) is 0 Å². The van der Waals surface area contributed by atoms with Gasteiger partial charge in [-0.1, -0.05) is 12.1 Å². The van der Waals surface area contributed by atoms with Crippen LogP contribution in [0.4, 0.5) is 10.5 Å². The lowest BCUT2D eigenvalue weighted by atomic mass is 9.99. The van der Waals surface area contributed by atoms with Crippen LogP contribution >= 0.6 is 0 Å². The number of sulfonamides is 1. The Bertz CT molecular complexity index is 1330. The van der Waals surface area contributed by atoms with E-state index in [4.69, 9.17) is 9.47 Å². The van der Waals surface area contributed by atoms with Gasteiger partial charge in [-0.15, -0.1) is 0 Å². The maximum atomic E-state index is 13.3. The normalized spacial score (nSPS) is 15.9. The fourth-order valence-electron chi connectivity index (χ4n) is 4.05. The molecule has 2 aliphatic rings. The second-order valence-electron chi connectivity index (χ2n) is 9.60. The molecule has 2 amide bonds. The van der Waals surface area contributed by atoms with Gasteiger partial charge in [0.25, 0.3) is 15.9 Å². The Labute approximate surface area is 210 Å². The van der Waals surface area contributed by atoms with Crippen LogP contribution in [-0.2, 0) is 21.2 Å². The zero-order valence-electron chi connectivity index (χ0n) is 20.8. The zero-order valence-corrected chi connectivity index (χ0v) is 21.6. The van der Waals surface area contributed by atoms with Gasteiger partial charge in [-0.2, -0.15) is 0 Å². The van der Waals surface area contributed by atoms with Gasteiger partial charge in [0, 0.05) is 26.1 Å². The molecule has 0 saturated heterocycles. The molecule has 4 rings (SSSR count). The van der Waals surface area contributed by atoms with Crippen molar-refractivity contribution in [1.29, 1.82) is 0 Å². The lowest BCUT2D eigenvalue weighted by Crippen LogP contribution is -2.39. The summed E-state index contributed by atoms with van der Waals surface area (Å²) in [4.78, 5) is 30.3. The summed E-state index contributed by atoms with van der Waals surface area (Å²) in [6.07, 6.45) is 4.05. The Morgan fingerprint density at radius 1 is 1.19 bits per heavy atom. The molecule has 0 unspecified atom stereocenters. The molecule has 0 saturated carbocycles. The molecular formula is C25H30N4O6S. The van der Waals surface area contributed by atoms with Crippen molar-refractivity contribution in [2.75, 3.05) is 31.5 Å². The minimum absolute atomic E-state index is 0.0415. The van der Waals surface area contributed by atoms with Gasteiger partial charge < -0.3 is 19.7 Å². The number of anilines is 1. The molecule has 0 spiro atoms. The van der Waals surface area contributed by atoms with E-state index in [1.54, 1.807) is 23.1 Å². The first-order valence-corrected chi connectivity index (χ1v) is 13.1. The molecule has 0 aliphatic carbocycles. The molecular weight excluding hydrogens is 484 g/mol. The number of hydrogen-bond acceptors (Lipinski definition) is 7. The van der Waals surface area contributed by atoms with Crippen molar-refractivity contribution in [2.45, 2.75) is 44.1 Å². The molecule has 0 radical (unpaired) electrons. The largest absolute Gasteiger partial charge is 0.495 e. The minimum atomic E-state index is -4.06. The lowest BCUT2D eigenvalue weighted by molar-refractivity contribution is 0.0270. The first-order valence-electron chi connectivity index (χ1n) is 11.6. The van der Waals surface area contributed by atoms with Crippen LogP contribution in [0.3, 0.4) is 0 Å². The Kier molecular flexibility index (Phi) is 6.94. The van der Waals surface area contributed by atoms with E-state index in [1.165, 1.54) is 19.4 Å². The van der Waals surface area contributed by atoms with Gasteiger partial charge in [-0.05, 0) is 56.5 Å². The fraction of sp³-hybridized carbons (Fsp3) is 0.400. The topological polar surface area (TPSA) is 127 Å². The number of nitrogens with zero attached hydrogens (tertiary/aromatic N) is 2. The summed E-state index contributed by atoms with van der Waals surface area (Å²) in [5, 5.41) is 2.73. The van der Waals surface area contributed by atoms with Gasteiger partial charge in [0.1, 0.15) is 16.2 Å². The number of fused-ring (bicyclic) bond motifs is 1. The number of carbonyl (C=O) groups excluding carboxylic acids is 2. The molecule has 0 atom stereocenters. The Balaban J connectivity index is 1.57. The summed E-state index contributed by atoms with van der Waals surface area (Å²) in [6, 6.07) is 6.43. The van der Waals surface area contributed by atoms with Gasteiger partial charge in [-0.25, -0.2) is 13.2 Å². The van der Waals surface area contributed by atoms with Crippen molar-refractivity contribution in [3.8, 4) is 5.75 Å². The molecule has 10 nitrogen and oxygen atoms in total. The number of benzene rings is 1. The molecule has 192 valence electrons. The van der Waals surface area contributed by atoms with Crippen molar-refractivity contribution < 1.29 is 27.5 Å². The first kappa shape index (κ1) is 25.5. The third-order valence-corrected chi connectivity index (χ3v) is 7.20. The minimum Gasteiger partial charge on any atom is -0.495 e. The average molecular weight is 515 g/mol. The highest BCUT2D eigenvalue weighted by Gasteiger charge is 2.26. The summed E-state index contributed by atoms with van der Waals surface area (Å²) in [7, 11) is -2.66. The van der Waals surface area contributed by atoms with Crippen molar-refractivity contribution >= 4 is 33.3 Å². The number of carbonyl (C=O) groups is 2. The quantitative estimate of drug-likeness (QED) is 0.627. The lowest BCUT2D eigenvalue weighted by Gasteiger charge is -2.29. The highest BCUT2D eigenvalue weighted by molar-refractivity contribution is 7.92. The summed E-state index contributed by atoms with van der Waals surface area (Å²) in [6.45, 7) is 6.77. The molecule has 3 heterocycles. The Morgan fingerprint density at radius 2 is 1.97 bits per heavy atom. The van der Waals surface area contributed by atoms with Gasteiger partial charge in [-0.3, -0.25) is 14.5 Å². The van der Waals surface area contributed by atoms with Crippen LogP contribution in [0.1, 0.15) is 48.8 Å². The third kappa shape index (κ3) is 5.62. The second-order valence-corrected chi connectivity index (χ2v) is 11.3. The van der Waals surface area contributed by atoms with Crippen LogP contribution < -0.4 is 14.8 Å². The Morgan fingerprint density at radius 3 is 2.64 bits per heavy atom. The number of ether oxygens (including phenoxy) is 2. The third-order valence-electron chi connectivity index (χ3n) is 5.80. The Hall–Kier alpha value is -3.60. The van der Waals surface area contributed by atoms with E-state index in [1.807, 2.05) is 26.8 Å². The van der Waals surface area contributed by atoms with Gasteiger partial charge in [0.05, 0.1) is 30.3 Å². The summed E-state index contributed by atoms with van der Waals surface area (Å²) in [5.74, 6) is -0.101. The number of amides is 2. The zero-order chi connectivity index (χ0) is 26.1. The molecule has 0 fully saturated rings. The van der Waals surface area contributed by atoms with Crippen LogP contribution in [0.15, 0.2) is 41.4 Å². The smallest absolute Gasteiger partial charge is 0.410 e. The van der Waals surface area contributed by atoms with E-state index >= 15 is 0 Å². The fourth-order valence-corrected chi connectivity index (χ4v) is 5.28. The number of aromatic nitrogens is 1. The van der Waals surface area contributed by atoms with Gasteiger partial charge >= 0.3 is 6.09 Å². The number of methoxy groups -OCH3 is 1. The van der Waals surface area contributed by atoms with E-state index in [2.05, 4.69) is 15.0 Å². The summed E-state index contributed by atoms with van der Waals surface area (Å²) in [5.41, 5.74) is 2.21. The van der Waals surface area contributed by atoms with Crippen molar-refractivity contribution in [3.63, 3.8) is 0 Å². The predicted molar refractivity (Wildman–Crippen MR) is 134 cm³/mol. The molecule has 1 aromatic heterocycles. The van der Waals surface area contributed by atoms with Crippen LogP contribution in [0.5, 0.6) is 5.75 Å².